The summed E-state index contributed by atoms with van der Waals surface area (Å²) >= 11 is 0. The van der Waals surface area contributed by atoms with E-state index in [-0.39, 0.29) is 31.1 Å². The van der Waals surface area contributed by atoms with E-state index >= 15 is 0 Å². The zero-order valence-electron chi connectivity index (χ0n) is 52.9. The number of hydrogen-bond acceptors (Lipinski definition) is 6. The lowest BCUT2D eigenvalue weighted by Crippen LogP contribution is -2.30. The van der Waals surface area contributed by atoms with Crippen LogP contribution >= 0.6 is 0 Å². The molecule has 0 amide bonds. The summed E-state index contributed by atoms with van der Waals surface area (Å²) < 4.78 is 16.9. The van der Waals surface area contributed by atoms with Crippen LogP contribution in [0.5, 0.6) is 0 Å². The molecule has 462 valence electrons. The number of unbranched alkanes of at least 4 members (excludes halogenated alkanes) is 22. The van der Waals surface area contributed by atoms with Gasteiger partial charge in [-0.3, -0.25) is 14.4 Å². The smallest absolute Gasteiger partial charge is 0.306 e. The first-order valence-corrected chi connectivity index (χ1v) is 33.5. The number of carbonyl (C=O) groups excluding carboxylic acids is 3. The van der Waals surface area contributed by atoms with Gasteiger partial charge in [0.25, 0.3) is 0 Å². The zero-order chi connectivity index (χ0) is 59.2. The van der Waals surface area contributed by atoms with Crippen LogP contribution in [-0.2, 0) is 28.6 Å². The minimum absolute atomic E-state index is 0.0990. The Labute approximate surface area is 505 Å². The fraction of sp³-hybridized carbons (Fsp3) is 0.618. The van der Waals surface area contributed by atoms with E-state index in [4.69, 9.17) is 14.2 Å². The number of hydrogen-bond donors (Lipinski definition) is 0. The Kier molecular flexibility index (Phi) is 64.4. The van der Waals surface area contributed by atoms with Crippen molar-refractivity contribution < 1.29 is 28.6 Å². The van der Waals surface area contributed by atoms with Crippen LogP contribution in [0.4, 0.5) is 0 Å². The monoisotopic (exact) mass is 1130 g/mol. The predicted octanol–water partition coefficient (Wildman–Crippen LogP) is 23.3. The van der Waals surface area contributed by atoms with Gasteiger partial charge in [0.05, 0.1) is 0 Å². The van der Waals surface area contributed by atoms with Crippen molar-refractivity contribution in [3.05, 3.63) is 158 Å². The van der Waals surface area contributed by atoms with Crippen molar-refractivity contribution in [3.63, 3.8) is 0 Å². The Morgan fingerprint density at radius 2 is 0.476 bits per heavy atom. The van der Waals surface area contributed by atoms with Crippen LogP contribution in [-0.4, -0.2) is 37.2 Å². The van der Waals surface area contributed by atoms with Crippen molar-refractivity contribution in [2.24, 2.45) is 0 Å². The molecule has 0 aromatic heterocycles. The summed E-state index contributed by atoms with van der Waals surface area (Å²) in [6.07, 6.45) is 99.6. The van der Waals surface area contributed by atoms with Gasteiger partial charge in [-0.25, -0.2) is 0 Å². The van der Waals surface area contributed by atoms with Gasteiger partial charge >= 0.3 is 17.9 Å². The van der Waals surface area contributed by atoms with Gasteiger partial charge in [-0.05, 0) is 141 Å². The van der Waals surface area contributed by atoms with Crippen LogP contribution in [0.2, 0.25) is 0 Å². The van der Waals surface area contributed by atoms with Crippen LogP contribution in [0.15, 0.2) is 158 Å². The first-order valence-electron chi connectivity index (χ1n) is 33.5. The average Bonchev–Trinajstić information content (AvgIpc) is 3.48. The van der Waals surface area contributed by atoms with Gasteiger partial charge in [-0.15, -0.1) is 0 Å². The van der Waals surface area contributed by atoms with E-state index in [9.17, 15) is 14.4 Å². The molecule has 0 heterocycles. The molecule has 1 atom stereocenters. The summed E-state index contributed by atoms with van der Waals surface area (Å²) in [6.45, 7) is 6.35. The van der Waals surface area contributed by atoms with Gasteiger partial charge in [0.2, 0.25) is 0 Å². The normalized spacial score (nSPS) is 13.2. The molecule has 0 aromatic carbocycles. The Balaban J connectivity index is 4.43. The van der Waals surface area contributed by atoms with Crippen LogP contribution in [0, 0.1) is 0 Å². The molecule has 0 aliphatic carbocycles. The number of ether oxygens (including phenoxy) is 3. The Bertz CT molecular complexity index is 1830. The van der Waals surface area contributed by atoms with Crippen LogP contribution in [0.1, 0.15) is 284 Å². The molecule has 0 radical (unpaired) electrons. The molecule has 0 aliphatic heterocycles. The lowest BCUT2D eigenvalue weighted by atomic mass is 10.0. The number of carbonyl (C=O) groups is 3. The number of esters is 3. The van der Waals surface area contributed by atoms with Gasteiger partial charge in [0.15, 0.2) is 6.10 Å². The quantitative estimate of drug-likeness (QED) is 0.0261. The second-order valence-electron chi connectivity index (χ2n) is 21.6. The van der Waals surface area contributed by atoms with E-state index < -0.39 is 6.10 Å². The van der Waals surface area contributed by atoms with Crippen LogP contribution in [0.3, 0.4) is 0 Å². The molecule has 0 saturated heterocycles. The van der Waals surface area contributed by atoms with Gasteiger partial charge < -0.3 is 14.2 Å². The topological polar surface area (TPSA) is 78.9 Å². The van der Waals surface area contributed by atoms with Gasteiger partial charge in [-0.1, -0.05) is 281 Å². The molecule has 0 aliphatic rings. The molecule has 0 bridgehead atoms. The molecule has 82 heavy (non-hydrogen) atoms. The van der Waals surface area contributed by atoms with Crippen molar-refractivity contribution >= 4 is 17.9 Å². The van der Waals surface area contributed by atoms with Crippen molar-refractivity contribution in [2.75, 3.05) is 13.2 Å². The fourth-order valence-electron chi connectivity index (χ4n) is 8.78. The molecule has 0 N–H and O–H groups in total. The molecule has 0 spiro atoms. The highest BCUT2D eigenvalue weighted by molar-refractivity contribution is 5.71. The molecule has 6 heteroatoms. The third-order valence-electron chi connectivity index (χ3n) is 13.7. The zero-order valence-corrected chi connectivity index (χ0v) is 52.9. The first-order chi connectivity index (χ1) is 40.5. The van der Waals surface area contributed by atoms with Crippen molar-refractivity contribution in [1.82, 2.24) is 0 Å². The molecule has 0 saturated carbocycles. The Morgan fingerprint density at radius 3 is 0.744 bits per heavy atom. The maximum Gasteiger partial charge on any atom is 0.306 e. The first kappa shape index (κ1) is 77.0. The number of rotatable bonds is 59. The molecule has 0 fully saturated rings. The minimum Gasteiger partial charge on any atom is -0.462 e. The molecule has 1 unspecified atom stereocenters. The highest BCUT2D eigenvalue weighted by Gasteiger charge is 2.19. The number of allylic oxidation sites excluding steroid dienone is 26. The van der Waals surface area contributed by atoms with Gasteiger partial charge in [-0.2, -0.15) is 0 Å². The van der Waals surface area contributed by atoms with Crippen LogP contribution in [0.25, 0.3) is 0 Å². The largest absolute Gasteiger partial charge is 0.462 e. The van der Waals surface area contributed by atoms with E-state index in [2.05, 4.69) is 179 Å². The van der Waals surface area contributed by atoms with E-state index in [1.807, 2.05) is 0 Å². The maximum atomic E-state index is 12.9. The Hall–Kier alpha value is -4.97. The minimum atomic E-state index is -0.804. The van der Waals surface area contributed by atoms with Crippen LogP contribution < -0.4 is 0 Å². The maximum absolute atomic E-state index is 12.9. The van der Waals surface area contributed by atoms with E-state index in [0.717, 1.165) is 173 Å². The van der Waals surface area contributed by atoms with E-state index in [0.29, 0.717) is 19.3 Å². The van der Waals surface area contributed by atoms with Crippen molar-refractivity contribution in [1.29, 1.82) is 0 Å². The highest BCUT2D eigenvalue weighted by Crippen LogP contribution is 2.15. The SMILES string of the molecule is CC/C=C\C/C=C\C/C=C\C/C=C\C/C=C\C/C=C\C/C=C\CCCCCCCC(=O)OCC(COC(=O)CCCCCCC/C=C\C/C=C\CCCC)OC(=O)CCCCCCCCCCCC/C=C\C/C=C\C/C=C\C/C=C\CC. The Morgan fingerprint density at radius 1 is 0.256 bits per heavy atom. The standard InChI is InChI=1S/C76H122O6/c1-4-7-10-13-16-19-22-25-28-30-32-34-36-37-38-39-41-42-44-46-48-51-54-57-60-63-66-69-75(78)81-72-73(71-80-74(77)68-65-62-59-56-53-50-27-24-21-18-15-12-9-6-3)82-76(79)70-67-64-61-58-55-52-49-47-45-43-40-35-33-31-29-26-23-20-17-14-11-8-5-2/h7-8,10-11,15-20,24-29,32-35,37-38,41-42,46,48,73H,4-6,9,12-14,21-23,30-31,36,39-40,43-45,47,49-72H2,1-3H3/b10-7-,11-8-,18-15-,19-16-,20-17-,27-24-,28-25-,29-26-,34-32-,35-33-,38-37-,42-41-,48-46-. The van der Waals surface area contributed by atoms with Gasteiger partial charge in [0, 0.05) is 19.3 Å². The molecular formula is C76H122O6. The van der Waals surface area contributed by atoms with Crippen molar-refractivity contribution in [3.8, 4) is 0 Å². The fourth-order valence-corrected chi connectivity index (χ4v) is 8.78. The summed E-state index contributed by atoms with van der Waals surface area (Å²) in [5.74, 6) is -0.935. The summed E-state index contributed by atoms with van der Waals surface area (Å²) in [5, 5.41) is 0. The van der Waals surface area contributed by atoms with E-state index in [1.165, 1.54) is 70.6 Å². The second kappa shape index (κ2) is 68.5. The lowest BCUT2D eigenvalue weighted by molar-refractivity contribution is -0.167. The summed E-state index contributed by atoms with van der Waals surface area (Å²) in [6, 6.07) is 0. The van der Waals surface area contributed by atoms with Crippen molar-refractivity contribution in [2.45, 2.75) is 290 Å². The van der Waals surface area contributed by atoms with Gasteiger partial charge in [0.1, 0.15) is 13.2 Å². The summed E-state index contributed by atoms with van der Waals surface area (Å²) in [7, 11) is 0. The van der Waals surface area contributed by atoms with E-state index in [1.54, 1.807) is 0 Å². The summed E-state index contributed by atoms with van der Waals surface area (Å²) in [4.78, 5) is 38.4. The highest BCUT2D eigenvalue weighted by atomic mass is 16.6. The third-order valence-corrected chi connectivity index (χ3v) is 13.7. The predicted molar refractivity (Wildman–Crippen MR) is 357 cm³/mol. The lowest BCUT2D eigenvalue weighted by Gasteiger charge is -2.18. The second-order valence-corrected chi connectivity index (χ2v) is 21.6. The molecule has 0 rings (SSSR count). The summed E-state index contributed by atoms with van der Waals surface area (Å²) in [5.41, 5.74) is 0. The average molecular weight is 1130 g/mol. The molecule has 0 aromatic rings. The molecular weight excluding hydrogens is 1010 g/mol. The third kappa shape index (κ3) is 65.8. The molecule has 6 nitrogen and oxygen atoms in total.